The van der Waals surface area contributed by atoms with Gasteiger partial charge in [0.05, 0.1) is 47.8 Å². The monoisotopic (exact) mass is 928 g/mol. The average Bonchev–Trinajstić information content (AvgIpc) is 2.65. The molecule has 2 aromatic carbocycles. The Balaban J connectivity index is -0.0000000654. The zero-order valence-electron chi connectivity index (χ0n) is 22.6. The third-order valence-electron chi connectivity index (χ3n) is 4.59. The second-order valence-corrected chi connectivity index (χ2v) is 10.8. The molecule has 15 heteroatoms. The molecule has 0 saturated heterocycles. The minimum absolute atomic E-state index is 0. The first-order chi connectivity index (χ1) is 15.5. The van der Waals surface area contributed by atoms with E-state index in [0.29, 0.717) is 10.0 Å². The van der Waals surface area contributed by atoms with Gasteiger partial charge in [-0.3, -0.25) is 8.97 Å². The summed E-state index contributed by atoms with van der Waals surface area (Å²) in [6.45, 7) is 5.68. The van der Waals surface area contributed by atoms with E-state index in [2.05, 4.69) is 61.3 Å². The normalized spacial score (nSPS) is 10.0. The molecule has 0 aliphatic heterocycles. The number of quaternary nitrogens is 2. The standard InChI is InChI=1S/C11H18N2.C11H15NO2.CHF3O3S.4CH4.O.U.Y/c1-9-7-10(8-12)5-6-11(9)13(2,3)4;1-8-7-9(11(13)14)5-6-10(8)12(2,3)4;2-1(3,4)8(5,6)7;;;;;;;/h5-8H,12H2,1-4H3;5-7H,1-4H3;(H,5,6,7);4*1H4;;;/q;;;;;;;-2;;. The predicted molar refractivity (Wildman–Crippen MR) is 159 cm³/mol. The molecule has 42 heavy (non-hydrogen) atoms. The fourth-order valence-corrected chi connectivity index (χ4v) is 3.08. The van der Waals surface area contributed by atoms with Crippen molar-refractivity contribution in [2.45, 2.75) is 49.1 Å². The third kappa shape index (κ3) is 21.2. The molecule has 0 atom stereocenters. The van der Waals surface area contributed by atoms with Crippen LogP contribution in [0.1, 0.15) is 56.8 Å². The number of hydrogen-bond acceptors (Lipinski definition) is 5. The van der Waals surface area contributed by atoms with Gasteiger partial charge in [-0.15, -0.1) is 6.54 Å². The SMILES string of the molecule is C.C.C.C.Cc1cc(C(=O)O)ccc1[N+](C)(C)C.Cc1cc([CH-]N)ccc1[N+](C)(C)C.O=S(=O)([O-])C(F)(F)F.[O-2].[U].[Y]. The van der Waals surface area contributed by atoms with Crippen LogP contribution in [-0.2, 0) is 48.3 Å². The van der Waals surface area contributed by atoms with Gasteiger partial charge in [0.15, 0.2) is 10.1 Å². The van der Waals surface area contributed by atoms with Gasteiger partial charge in [0.2, 0.25) is 0 Å². The number of aryl methyl sites for hydroxylation is 2. The molecule has 0 unspecified atom stereocenters. The van der Waals surface area contributed by atoms with E-state index in [0.717, 1.165) is 21.3 Å². The fourth-order valence-electron chi connectivity index (χ4n) is 3.08. The van der Waals surface area contributed by atoms with Crippen molar-refractivity contribution in [1.82, 2.24) is 8.97 Å². The van der Waals surface area contributed by atoms with E-state index < -0.39 is 21.6 Å². The molecule has 9 nitrogen and oxygen atoms in total. The predicted octanol–water partition coefficient (Wildman–Crippen LogP) is 6.02. The molecule has 3 N–H and O–H groups in total. The molecule has 0 saturated carbocycles. The fraction of sp³-hybridized carbons (Fsp3) is 0.481. The Hall–Kier alpha value is -0.524. The van der Waals surface area contributed by atoms with Crippen LogP contribution in [0.15, 0.2) is 36.4 Å². The summed E-state index contributed by atoms with van der Waals surface area (Å²) in [5, 5.41) is 8.80. The van der Waals surface area contributed by atoms with Crippen molar-refractivity contribution in [2.24, 2.45) is 5.73 Å². The molecule has 0 amide bonds. The molecule has 0 fully saturated rings. The van der Waals surface area contributed by atoms with Crippen LogP contribution in [0, 0.1) is 51.5 Å². The van der Waals surface area contributed by atoms with Gasteiger partial charge in [0.1, 0.15) is 11.4 Å². The van der Waals surface area contributed by atoms with Crippen molar-refractivity contribution < 1.29 is 105 Å². The largest absolute Gasteiger partial charge is 2.00 e. The van der Waals surface area contributed by atoms with Crippen LogP contribution in [0.5, 0.6) is 0 Å². The summed E-state index contributed by atoms with van der Waals surface area (Å²) in [5.74, 6) is -0.874. The van der Waals surface area contributed by atoms with Gasteiger partial charge in [-0.05, 0) is 31.5 Å². The zero-order chi connectivity index (χ0) is 28.0. The molecule has 245 valence electrons. The molecule has 2 aromatic rings. The molecule has 0 aromatic heterocycles. The summed E-state index contributed by atoms with van der Waals surface area (Å²) in [6.07, 6.45) is 0. The number of carboxylic acid groups (broad SMARTS) is 1. The number of halogens is 3. The summed E-state index contributed by atoms with van der Waals surface area (Å²) in [5.41, 5.74) is 5.98. The van der Waals surface area contributed by atoms with E-state index in [9.17, 15) is 18.0 Å². The topological polar surface area (TPSA) is 149 Å². The first-order valence-electron chi connectivity index (χ1n) is 10.2. The maximum Gasteiger partial charge on any atom is 0.485 e. The number of carboxylic acids is 1. The third-order valence-corrected chi connectivity index (χ3v) is 5.15. The van der Waals surface area contributed by atoms with Crippen LogP contribution in [0.4, 0.5) is 24.5 Å². The van der Waals surface area contributed by atoms with Crippen LogP contribution < -0.4 is 14.7 Å². The molecule has 0 aliphatic rings. The van der Waals surface area contributed by atoms with Crippen molar-refractivity contribution in [1.29, 1.82) is 0 Å². The summed E-state index contributed by atoms with van der Waals surface area (Å²) in [7, 11) is 6.57. The second kappa shape index (κ2) is 23.8. The van der Waals surface area contributed by atoms with E-state index in [1.54, 1.807) is 18.7 Å². The van der Waals surface area contributed by atoms with Gasteiger partial charge >= 0.3 is 11.5 Å². The number of rotatable bonds is 4. The van der Waals surface area contributed by atoms with Gasteiger partial charge in [-0.1, -0.05) is 35.8 Å². The number of hydrogen-bond donors (Lipinski definition) is 2. The van der Waals surface area contributed by atoms with E-state index in [-0.39, 0.29) is 99.0 Å². The molecule has 0 aliphatic carbocycles. The number of nitrogens with two attached hydrogens (primary N) is 1. The van der Waals surface area contributed by atoms with Gasteiger partial charge in [-0.25, -0.2) is 13.2 Å². The molecule has 2 rings (SSSR count). The van der Waals surface area contributed by atoms with Gasteiger partial charge in [-0.2, -0.15) is 30.9 Å². The number of carbonyl (C=O) groups is 1. The Labute approximate surface area is 301 Å². The maximum atomic E-state index is 10.7. The Morgan fingerprint density at radius 1 is 0.857 bits per heavy atom. The molecule has 1 radical (unpaired) electrons. The number of alkyl halides is 3. The Kier molecular flexibility index (Phi) is 34.4. The van der Waals surface area contributed by atoms with Crippen molar-refractivity contribution in [3.63, 3.8) is 0 Å². The van der Waals surface area contributed by atoms with Crippen molar-refractivity contribution in [3.8, 4) is 0 Å². The summed E-state index contributed by atoms with van der Waals surface area (Å²) < 4.78 is 60.4. The quantitative estimate of drug-likeness (QED) is 0.166. The zero-order valence-corrected chi connectivity index (χ0v) is 30.4. The summed E-state index contributed by atoms with van der Waals surface area (Å²) >= 11 is 0. The van der Waals surface area contributed by atoms with Crippen LogP contribution in [0.2, 0.25) is 0 Å². The van der Waals surface area contributed by atoms with Crippen LogP contribution in [0.25, 0.3) is 0 Å². The summed E-state index contributed by atoms with van der Waals surface area (Å²) in [6, 6.07) is 11.5. The van der Waals surface area contributed by atoms with Gasteiger partial charge in [0, 0.05) is 75.5 Å². The Bertz CT molecular complexity index is 1140. The minimum atomic E-state index is -6.09. The van der Waals surface area contributed by atoms with Crippen LogP contribution in [0.3, 0.4) is 0 Å². The Morgan fingerprint density at radius 2 is 1.17 bits per heavy atom. The van der Waals surface area contributed by atoms with Crippen LogP contribution in [-0.4, -0.2) is 71.8 Å². The van der Waals surface area contributed by atoms with Gasteiger partial charge < -0.3 is 20.9 Å². The van der Waals surface area contributed by atoms with Gasteiger partial charge in [0.25, 0.3) is 0 Å². The smallest absolute Gasteiger partial charge is 0.485 e. The molecule has 0 spiro atoms. The number of nitrogens with zero attached hydrogens (tertiary/aromatic N) is 2. The van der Waals surface area contributed by atoms with Crippen molar-refractivity contribution >= 4 is 27.5 Å². The van der Waals surface area contributed by atoms with E-state index in [4.69, 9.17) is 23.8 Å². The number of aromatic carboxylic acids is 1. The van der Waals surface area contributed by atoms with Crippen LogP contribution >= 0.6 is 0 Å². The molecular formula is C27H50F3N3O6SUY-2. The summed E-state index contributed by atoms with van der Waals surface area (Å²) in [4.78, 5) is 10.7. The second-order valence-electron chi connectivity index (χ2n) is 9.44. The first-order valence-corrected chi connectivity index (χ1v) is 11.6. The molecule has 0 bridgehead atoms. The number of benzene rings is 2. The molecule has 0 heterocycles. The molecular weight excluding hydrogens is 878 g/mol. The Morgan fingerprint density at radius 3 is 1.38 bits per heavy atom. The maximum absolute atomic E-state index is 10.7. The van der Waals surface area contributed by atoms with E-state index in [1.165, 1.54) is 11.3 Å². The van der Waals surface area contributed by atoms with E-state index >= 15 is 0 Å². The first kappa shape index (κ1) is 60.6. The minimum Gasteiger partial charge on any atom is -2.00 e. The van der Waals surface area contributed by atoms with Crippen molar-refractivity contribution in [2.75, 3.05) is 42.3 Å². The average molecular weight is 929 g/mol. The van der Waals surface area contributed by atoms with Crippen molar-refractivity contribution in [3.05, 3.63) is 65.2 Å². The van der Waals surface area contributed by atoms with E-state index in [1.807, 2.05) is 19.1 Å².